The lowest BCUT2D eigenvalue weighted by Gasteiger charge is -2.36. The Kier molecular flexibility index (Phi) is 6.53. The van der Waals surface area contributed by atoms with Gasteiger partial charge in [-0.2, -0.15) is 0 Å². The maximum atomic E-state index is 13.8. The average molecular weight is 532 g/mol. The number of hydrogen-bond donors (Lipinski definition) is 1. The first-order chi connectivity index (χ1) is 18.4. The molecule has 8 heteroatoms. The van der Waals surface area contributed by atoms with Crippen LogP contribution in [0.15, 0.2) is 73.7 Å². The number of carbonyl (C=O) groups is 2. The summed E-state index contributed by atoms with van der Waals surface area (Å²) in [5.74, 6) is -1.46. The van der Waals surface area contributed by atoms with Crippen molar-refractivity contribution < 1.29 is 23.5 Å². The molecule has 2 aliphatic heterocycles. The second-order valence-electron chi connectivity index (χ2n) is 10.3. The molecule has 0 spiro atoms. The van der Waals surface area contributed by atoms with E-state index in [0.717, 1.165) is 29.0 Å². The highest BCUT2D eigenvalue weighted by Gasteiger charge is 2.43. The van der Waals surface area contributed by atoms with E-state index in [-0.39, 0.29) is 41.0 Å². The van der Waals surface area contributed by atoms with Gasteiger partial charge in [0.25, 0.3) is 0 Å². The summed E-state index contributed by atoms with van der Waals surface area (Å²) >= 11 is 1.63. The summed E-state index contributed by atoms with van der Waals surface area (Å²) in [6, 6.07) is 9.45. The molecule has 0 bridgehead atoms. The first-order valence-corrected chi connectivity index (χ1v) is 13.9. The van der Waals surface area contributed by atoms with Crippen molar-refractivity contribution in [2.75, 3.05) is 13.2 Å². The number of esters is 1. The highest BCUT2D eigenvalue weighted by atomic mass is 32.1. The van der Waals surface area contributed by atoms with Crippen molar-refractivity contribution in [3.63, 3.8) is 0 Å². The van der Waals surface area contributed by atoms with Crippen LogP contribution in [0.25, 0.3) is 11.0 Å². The molecule has 0 radical (unpaired) electrons. The van der Waals surface area contributed by atoms with E-state index in [4.69, 9.17) is 13.9 Å². The summed E-state index contributed by atoms with van der Waals surface area (Å²) in [5, 5.41) is 5.78. The molecule has 7 nitrogen and oxygen atoms in total. The van der Waals surface area contributed by atoms with Crippen molar-refractivity contribution in [2.24, 2.45) is 0 Å². The van der Waals surface area contributed by atoms with Crippen LogP contribution in [-0.4, -0.2) is 31.1 Å². The Labute approximate surface area is 224 Å². The third kappa shape index (κ3) is 4.41. The number of ether oxygens (including phenoxy) is 2. The molecule has 1 aliphatic carbocycles. The summed E-state index contributed by atoms with van der Waals surface area (Å²) in [6.45, 7) is 4.49. The number of fused-ring (bicyclic) bond motifs is 1. The minimum absolute atomic E-state index is 0.0471. The fourth-order valence-corrected chi connectivity index (χ4v) is 6.66. The zero-order chi connectivity index (χ0) is 26.4. The molecule has 6 rings (SSSR count). The normalized spacial score (nSPS) is 23.5. The summed E-state index contributed by atoms with van der Waals surface area (Å²) in [6.07, 6.45) is 3.96. The van der Waals surface area contributed by atoms with Crippen LogP contribution >= 0.6 is 11.3 Å². The molecule has 0 saturated carbocycles. The van der Waals surface area contributed by atoms with Gasteiger partial charge >= 0.3 is 5.97 Å². The molecule has 0 amide bonds. The lowest BCUT2D eigenvalue weighted by atomic mass is 9.73. The number of thiophene rings is 1. The smallest absolute Gasteiger partial charge is 0.336 e. The Morgan fingerprint density at radius 2 is 2.05 bits per heavy atom. The number of aryl methyl sites for hydroxylation is 1. The predicted molar refractivity (Wildman–Crippen MR) is 144 cm³/mol. The largest absolute Gasteiger partial charge is 0.464 e. The number of nitrogens with one attached hydrogen (secondary N) is 1. The summed E-state index contributed by atoms with van der Waals surface area (Å²) < 4.78 is 17.2. The van der Waals surface area contributed by atoms with E-state index in [2.05, 4.69) is 5.32 Å². The van der Waals surface area contributed by atoms with Gasteiger partial charge < -0.3 is 19.2 Å². The summed E-state index contributed by atoms with van der Waals surface area (Å²) in [5.41, 5.74) is 3.44. The maximum absolute atomic E-state index is 13.8. The molecule has 2 aromatic heterocycles. The zero-order valence-electron chi connectivity index (χ0n) is 21.4. The van der Waals surface area contributed by atoms with Gasteiger partial charge in [-0.05, 0) is 56.7 Å². The predicted octanol–water partition coefficient (Wildman–Crippen LogP) is 5.25. The van der Waals surface area contributed by atoms with Crippen molar-refractivity contribution in [1.29, 1.82) is 0 Å². The minimum Gasteiger partial charge on any atom is -0.464 e. The second-order valence-corrected chi connectivity index (χ2v) is 11.3. The van der Waals surface area contributed by atoms with Gasteiger partial charge in [0.05, 0.1) is 29.2 Å². The van der Waals surface area contributed by atoms with Crippen molar-refractivity contribution in [3.8, 4) is 0 Å². The molecular weight excluding hydrogens is 502 g/mol. The van der Waals surface area contributed by atoms with E-state index in [0.29, 0.717) is 41.7 Å². The molecule has 38 heavy (non-hydrogen) atoms. The van der Waals surface area contributed by atoms with Gasteiger partial charge in [0.15, 0.2) is 11.2 Å². The summed E-state index contributed by atoms with van der Waals surface area (Å²) in [4.78, 5) is 42.3. The van der Waals surface area contributed by atoms with Crippen molar-refractivity contribution in [3.05, 3.63) is 90.7 Å². The fraction of sp³-hybridized carbons (Fsp3) is 0.367. The lowest BCUT2D eigenvalue weighted by molar-refractivity contribution is -0.142. The quantitative estimate of drug-likeness (QED) is 0.450. The van der Waals surface area contributed by atoms with Gasteiger partial charge in [-0.15, -0.1) is 11.3 Å². The third-order valence-electron chi connectivity index (χ3n) is 7.68. The van der Waals surface area contributed by atoms with Crippen LogP contribution in [0.1, 0.15) is 60.4 Å². The molecule has 3 aliphatic rings. The van der Waals surface area contributed by atoms with Crippen molar-refractivity contribution in [2.45, 2.75) is 57.5 Å². The Morgan fingerprint density at radius 1 is 1.18 bits per heavy atom. The number of dihydropyridines is 1. The highest BCUT2D eigenvalue weighted by Crippen LogP contribution is 2.46. The van der Waals surface area contributed by atoms with Crippen LogP contribution in [0.3, 0.4) is 0 Å². The van der Waals surface area contributed by atoms with E-state index in [1.807, 2.05) is 30.5 Å². The molecular formula is C30H29NO6S. The van der Waals surface area contributed by atoms with Gasteiger partial charge in [0, 0.05) is 46.4 Å². The van der Waals surface area contributed by atoms with Crippen LogP contribution in [0.2, 0.25) is 0 Å². The van der Waals surface area contributed by atoms with Gasteiger partial charge in [-0.1, -0.05) is 17.7 Å². The standard InChI is InChI=1S/C30H29NO6S/c1-16-7-8-24-20(11-16)29(33)21(15-36-24)27-26(30(34)37-14-19-5-3-9-35-19)17(2)31-22-12-18(13-23(32)28(22)27)25-6-4-10-38-25/h4,6-8,10-11,15,18-19,27,31H,3,5,9,12-14H2,1-2H3/t18-,19-,27+/m0/s1. The van der Waals surface area contributed by atoms with E-state index < -0.39 is 11.9 Å². The molecule has 1 N–H and O–H groups in total. The fourth-order valence-electron chi connectivity index (χ4n) is 5.83. The van der Waals surface area contributed by atoms with Crippen molar-refractivity contribution >= 4 is 34.1 Å². The first kappa shape index (κ1) is 24.8. The molecule has 1 fully saturated rings. The number of Topliss-reactive ketones (excluding diaryl/α,β-unsaturated/α-hetero) is 1. The Hall–Kier alpha value is -3.49. The van der Waals surface area contributed by atoms with Crippen molar-refractivity contribution in [1.82, 2.24) is 5.32 Å². The monoisotopic (exact) mass is 531 g/mol. The molecule has 4 heterocycles. The Bertz CT molecular complexity index is 1540. The Balaban J connectivity index is 1.45. The number of rotatable bonds is 5. The molecule has 196 valence electrons. The summed E-state index contributed by atoms with van der Waals surface area (Å²) in [7, 11) is 0. The van der Waals surface area contributed by atoms with Gasteiger partial charge in [-0.3, -0.25) is 9.59 Å². The molecule has 3 aromatic rings. The molecule has 3 atom stereocenters. The van der Waals surface area contributed by atoms with Gasteiger partial charge in [0.1, 0.15) is 12.2 Å². The molecule has 1 saturated heterocycles. The Morgan fingerprint density at radius 3 is 2.82 bits per heavy atom. The number of hydrogen-bond acceptors (Lipinski definition) is 8. The average Bonchev–Trinajstić information content (AvgIpc) is 3.62. The van der Waals surface area contributed by atoms with Gasteiger partial charge in [0.2, 0.25) is 0 Å². The zero-order valence-corrected chi connectivity index (χ0v) is 22.2. The van der Waals surface area contributed by atoms with Crippen LogP contribution in [0.5, 0.6) is 0 Å². The molecule has 1 aromatic carbocycles. The van der Waals surface area contributed by atoms with E-state index in [1.54, 1.807) is 30.4 Å². The highest BCUT2D eigenvalue weighted by molar-refractivity contribution is 7.10. The van der Waals surface area contributed by atoms with Crippen LogP contribution in [0, 0.1) is 6.92 Å². The number of ketones is 1. The lowest BCUT2D eigenvalue weighted by Crippen LogP contribution is -2.37. The van der Waals surface area contributed by atoms with Crippen LogP contribution in [0.4, 0.5) is 0 Å². The molecule has 0 unspecified atom stereocenters. The van der Waals surface area contributed by atoms with E-state index in [1.165, 1.54) is 6.26 Å². The second kappa shape index (κ2) is 10.0. The van der Waals surface area contributed by atoms with Crippen LogP contribution in [-0.2, 0) is 19.1 Å². The minimum atomic E-state index is -0.874. The van der Waals surface area contributed by atoms with Gasteiger partial charge in [-0.25, -0.2) is 4.79 Å². The number of benzene rings is 1. The third-order valence-corrected chi connectivity index (χ3v) is 8.72. The number of carbonyl (C=O) groups excluding carboxylic acids is 2. The maximum Gasteiger partial charge on any atom is 0.336 e. The first-order valence-electron chi connectivity index (χ1n) is 13.0. The number of allylic oxidation sites excluding steroid dienone is 3. The van der Waals surface area contributed by atoms with E-state index >= 15 is 0 Å². The SMILES string of the molecule is CC1=C(C(=O)OC[C@@H]2CCCO2)[C@@H](c2coc3ccc(C)cc3c2=O)C2=C(C[C@H](c3cccs3)CC2=O)N1. The van der Waals surface area contributed by atoms with Crippen LogP contribution < -0.4 is 10.7 Å². The van der Waals surface area contributed by atoms with E-state index in [9.17, 15) is 14.4 Å². The topological polar surface area (TPSA) is 94.8 Å².